The molecule has 0 radical (unpaired) electrons. The quantitative estimate of drug-likeness (QED) is 0.782. The summed E-state index contributed by atoms with van der Waals surface area (Å²) in [4.78, 5) is 2.30. The first-order valence-corrected chi connectivity index (χ1v) is 5.98. The molecular weight excluding hydrogens is 212 g/mol. The highest BCUT2D eigenvalue weighted by Gasteiger charge is 2.25. The molecule has 0 bridgehead atoms. The van der Waals surface area contributed by atoms with E-state index in [1.807, 2.05) is 32.0 Å². The molecule has 17 heavy (non-hydrogen) atoms. The second kappa shape index (κ2) is 4.77. The van der Waals surface area contributed by atoms with Gasteiger partial charge < -0.3 is 9.64 Å². The third-order valence-corrected chi connectivity index (χ3v) is 3.21. The molecule has 1 aliphatic rings. The topological polar surface area (TPSA) is 36.3 Å². The van der Waals surface area contributed by atoms with Gasteiger partial charge in [0.15, 0.2) is 0 Å². The highest BCUT2D eigenvalue weighted by atomic mass is 16.5. The molecule has 90 valence electrons. The molecule has 0 saturated carbocycles. The smallest absolute Gasteiger partial charge is 0.0786 e. The molecule has 1 aromatic carbocycles. The SMILES string of the molecule is CC(C)(C#N)c1ccccc1N1CCOCC1. The maximum absolute atomic E-state index is 9.28. The lowest BCUT2D eigenvalue weighted by molar-refractivity contribution is 0.122. The zero-order chi connectivity index (χ0) is 12.3. The van der Waals surface area contributed by atoms with Crippen molar-refractivity contribution in [3.05, 3.63) is 29.8 Å². The summed E-state index contributed by atoms with van der Waals surface area (Å²) in [6.07, 6.45) is 0. The van der Waals surface area contributed by atoms with Crippen LogP contribution in [-0.2, 0) is 10.2 Å². The van der Waals surface area contributed by atoms with Crippen molar-refractivity contribution in [2.24, 2.45) is 0 Å². The van der Waals surface area contributed by atoms with Crippen LogP contribution >= 0.6 is 0 Å². The first-order chi connectivity index (χ1) is 8.15. The van der Waals surface area contributed by atoms with E-state index < -0.39 is 5.41 Å². The van der Waals surface area contributed by atoms with Crippen molar-refractivity contribution in [2.45, 2.75) is 19.3 Å². The minimum atomic E-state index is -0.450. The summed E-state index contributed by atoms with van der Waals surface area (Å²) in [5, 5.41) is 9.28. The van der Waals surface area contributed by atoms with Crippen LogP contribution in [-0.4, -0.2) is 26.3 Å². The third-order valence-electron chi connectivity index (χ3n) is 3.21. The van der Waals surface area contributed by atoms with Gasteiger partial charge in [0.1, 0.15) is 0 Å². The molecule has 0 amide bonds. The fraction of sp³-hybridized carbons (Fsp3) is 0.500. The lowest BCUT2D eigenvalue weighted by Gasteiger charge is -2.33. The third kappa shape index (κ3) is 2.42. The Morgan fingerprint density at radius 3 is 2.53 bits per heavy atom. The van der Waals surface area contributed by atoms with E-state index in [0.717, 1.165) is 31.9 Å². The van der Waals surface area contributed by atoms with Gasteiger partial charge in [-0.25, -0.2) is 0 Å². The van der Waals surface area contributed by atoms with Crippen LogP contribution in [0.2, 0.25) is 0 Å². The Morgan fingerprint density at radius 1 is 1.24 bits per heavy atom. The number of hydrogen-bond acceptors (Lipinski definition) is 3. The molecule has 1 aromatic rings. The van der Waals surface area contributed by atoms with Crippen molar-refractivity contribution in [3.63, 3.8) is 0 Å². The summed E-state index contributed by atoms with van der Waals surface area (Å²) in [6.45, 7) is 7.26. The van der Waals surface area contributed by atoms with E-state index in [1.54, 1.807) is 0 Å². The summed E-state index contributed by atoms with van der Waals surface area (Å²) in [5.41, 5.74) is 1.82. The number of hydrogen-bond donors (Lipinski definition) is 0. The lowest BCUT2D eigenvalue weighted by Crippen LogP contribution is -2.37. The Labute approximate surface area is 103 Å². The Hall–Kier alpha value is -1.53. The molecule has 1 heterocycles. The van der Waals surface area contributed by atoms with E-state index in [0.29, 0.717) is 0 Å². The van der Waals surface area contributed by atoms with Crippen LogP contribution in [0, 0.1) is 11.3 Å². The number of nitriles is 1. The van der Waals surface area contributed by atoms with Crippen LogP contribution < -0.4 is 4.90 Å². The summed E-state index contributed by atoms with van der Waals surface area (Å²) >= 11 is 0. The second-order valence-corrected chi connectivity index (χ2v) is 4.85. The molecule has 1 saturated heterocycles. The van der Waals surface area contributed by atoms with Crippen molar-refractivity contribution in [1.82, 2.24) is 0 Å². The van der Waals surface area contributed by atoms with Gasteiger partial charge in [0.25, 0.3) is 0 Å². The highest BCUT2D eigenvalue weighted by molar-refractivity contribution is 5.58. The molecule has 3 heteroatoms. The largest absolute Gasteiger partial charge is 0.378 e. The number of anilines is 1. The summed E-state index contributed by atoms with van der Waals surface area (Å²) in [5.74, 6) is 0. The average Bonchev–Trinajstić information content (AvgIpc) is 2.40. The molecule has 0 unspecified atom stereocenters. The predicted octanol–water partition coefficient (Wildman–Crippen LogP) is 2.32. The molecule has 0 aliphatic carbocycles. The number of rotatable bonds is 2. The minimum absolute atomic E-state index is 0.450. The summed E-state index contributed by atoms with van der Waals surface area (Å²) in [6, 6.07) is 10.6. The molecule has 1 fully saturated rings. The fourth-order valence-corrected chi connectivity index (χ4v) is 2.14. The number of morpholine rings is 1. The molecule has 3 nitrogen and oxygen atoms in total. The van der Waals surface area contributed by atoms with E-state index >= 15 is 0 Å². The van der Waals surface area contributed by atoms with Crippen molar-refractivity contribution >= 4 is 5.69 Å². The van der Waals surface area contributed by atoms with Gasteiger partial charge in [0.05, 0.1) is 24.7 Å². The van der Waals surface area contributed by atoms with Crippen LogP contribution in [0.4, 0.5) is 5.69 Å². The van der Waals surface area contributed by atoms with Crippen molar-refractivity contribution in [1.29, 1.82) is 5.26 Å². The molecule has 0 aromatic heterocycles. The predicted molar refractivity (Wildman–Crippen MR) is 68.1 cm³/mol. The van der Waals surface area contributed by atoms with Gasteiger partial charge in [0, 0.05) is 18.8 Å². The van der Waals surface area contributed by atoms with Crippen LogP contribution in [0.25, 0.3) is 0 Å². The van der Waals surface area contributed by atoms with Gasteiger partial charge in [0.2, 0.25) is 0 Å². The highest BCUT2D eigenvalue weighted by Crippen LogP contribution is 2.32. The second-order valence-electron chi connectivity index (χ2n) is 4.85. The van der Waals surface area contributed by atoms with E-state index in [9.17, 15) is 5.26 Å². The lowest BCUT2D eigenvalue weighted by atomic mass is 9.85. The number of para-hydroxylation sites is 1. The monoisotopic (exact) mass is 230 g/mol. The van der Waals surface area contributed by atoms with Gasteiger partial charge in [-0.15, -0.1) is 0 Å². The minimum Gasteiger partial charge on any atom is -0.378 e. The molecule has 0 spiro atoms. The molecule has 2 rings (SSSR count). The summed E-state index contributed by atoms with van der Waals surface area (Å²) in [7, 11) is 0. The van der Waals surface area contributed by atoms with Crippen molar-refractivity contribution in [3.8, 4) is 6.07 Å². The molecule has 0 N–H and O–H groups in total. The molecule has 1 aliphatic heterocycles. The Kier molecular flexibility index (Phi) is 3.35. The molecule has 0 atom stereocenters. The Bertz CT molecular complexity index is 428. The normalized spacial score (nSPS) is 16.6. The van der Waals surface area contributed by atoms with E-state index in [2.05, 4.69) is 17.0 Å². The van der Waals surface area contributed by atoms with Crippen LogP contribution in [0.5, 0.6) is 0 Å². The van der Waals surface area contributed by atoms with E-state index in [1.165, 1.54) is 5.69 Å². The van der Waals surface area contributed by atoms with Crippen LogP contribution in [0.1, 0.15) is 19.4 Å². The first kappa shape index (κ1) is 11.9. The number of ether oxygens (including phenoxy) is 1. The van der Waals surface area contributed by atoms with Gasteiger partial charge in [-0.05, 0) is 25.5 Å². The first-order valence-electron chi connectivity index (χ1n) is 5.98. The maximum atomic E-state index is 9.28. The summed E-state index contributed by atoms with van der Waals surface area (Å²) < 4.78 is 5.37. The number of benzene rings is 1. The van der Waals surface area contributed by atoms with Gasteiger partial charge >= 0.3 is 0 Å². The zero-order valence-electron chi connectivity index (χ0n) is 10.4. The van der Waals surface area contributed by atoms with Gasteiger partial charge in [-0.2, -0.15) is 5.26 Å². The van der Waals surface area contributed by atoms with E-state index in [4.69, 9.17) is 4.74 Å². The Balaban J connectivity index is 2.37. The van der Waals surface area contributed by atoms with Crippen LogP contribution in [0.15, 0.2) is 24.3 Å². The average molecular weight is 230 g/mol. The van der Waals surface area contributed by atoms with Gasteiger partial charge in [-0.1, -0.05) is 18.2 Å². The molecular formula is C14H18N2O. The van der Waals surface area contributed by atoms with Gasteiger partial charge in [-0.3, -0.25) is 0 Å². The standard InChI is InChI=1S/C14H18N2O/c1-14(2,11-15)12-5-3-4-6-13(12)16-7-9-17-10-8-16/h3-6H,7-10H2,1-2H3. The van der Waals surface area contributed by atoms with Crippen LogP contribution in [0.3, 0.4) is 0 Å². The van der Waals surface area contributed by atoms with E-state index in [-0.39, 0.29) is 0 Å². The van der Waals surface area contributed by atoms with Crippen molar-refractivity contribution in [2.75, 3.05) is 31.2 Å². The number of nitrogens with zero attached hydrogens (tertiary/aromatic N) is 2. The Morgan fingerprint density at radius 2 is 1.88 bits per heavy atom. The zero-order valence-corrected chi connectivity index (χ0v) is 10.4. The van der Waals surface area contributed by atoms with Crippen molar-refractivity contribution < 1.29 is 4.74 Å². The fourth-order valence-electron chi connectivity index (χ4n) is 2.14. The maximum Gasteiger partial charge on any atom is 0.0786 e.